The maximum atomic E-state index is 13.5. The van der Waals surface area contributed by atoms with E-state index in [1.807, 2.05) is 0 Å². The van der Waals surface area contributed by atoms with Crippen LogP contribution in [0.15, 0.2) is 36.8 Å². The summed E-state index contributed by atoms with van der Waals surface area (Å²) in [5.41, 5.74) is -1.91. The van der Waals surface area contributed by atoms with E-state index < -0.39 is 41.0 Å². The van der Waals surface area contributed by atoms with Crippen molar-refractivity contribution >= 4 is 23.4 Å². The molecule has 0 atom stereocenters. The lowest BCUT2D eigenvalue weighted by atomic mass is 10.3. The molecule has 0 spiro atoms. The third kappa shape index (κ3) is 4.17. The Labute approximate surface area is 157 Å². The minimum Gasteiger partial charge on any atom is -0.406 e. The average Bonchev–Trinajstić information content (AvgIpc) is 3.03. The van der Waals surface area contributed by atoms with Gasteiger partial charge in [0.05, 0.1) is 30.0 Å². The predicted molar refractivity (Wildman–Crippen MR) is 85.2 cm³/mol. The largest absolute Gasteiger partial charge is 0.437 e. The Kier molecular flexibility index (Phi) is 5.14. The second kappa shape index (κ2) is 7.38. The lowest BCUT2D eigenvalue weighted by molar-refractivity contribution is -0.143. The van der Waals surface area contributed by atoms with E-state index in [9.17, 15) is 26.7 Å². The lowest BCUT2D eigenvalue weighted by Gasteiger charge is -2.13. The van der Waals surface area contributed by atoms with Gasteiger partial charge in [-0.3, -0.25) is 5.32 Å². The summed E-state index contributed by atoms with van der Waals surface area (Å²) in [4.78, 5) is 19.0. The molecular weight excluding hydrogens is 413 g/mol. The van der Waals surface area contributed by atoms with Gasteiger partial charge in [0.25, 0.3) is 0 Å². The van der Waals surface area contributed by atoms with Crippen molar-refractivity contribution in [3.8, 4) is 11.4 Å². The van der Waals surface area contributed by atoms with Gasteiger partial charge in [-0.2, -0.15) is 18.3 Å². The van der Waals surface area contributed by atoms with E-state index in [1.165, 1.54) is 0 Å². The zero-order valence-corrected chi connectivity index (χ0v) is 14.1. The third-order valence-electron chi connectivity index (χ3n) is 3.22. The summed E-state index contributed by atoms with van der Waals surface area (Å²) in [6.45, 7) is 0. The maximum Gasteiger partial charge on any atom is 0.437 e. The molecule has 0 fully saturated rings. The molecule has 1 N–H and O–H groups in total. The van der Waals surface area contributed by atoms with E-state index in [0.29, 0.717) is 18.3 Å². The van der Waals surface area contributed by atoms with Crippen molar-refractivity contribution in [3.05, 3.63) is 59.4 Å². The second-order valence-corrected chi connectivity index (χ2v) is 5.46. The molecule has 2 heterocycles. The molecule has 0 unspecified atom stereocenters. The van der Waals surface area contributed by atoms with E-state index in [-0.39, 0.29) is 15.7 Å². The summed E-state index contributed by atoms with van der Waals surface area (Å²) in [5, 5.41) is 5.45. The van der Waals surface area contributed by atoms with E-state index in [4.69, 9.17) is 11.6 Å². The molecule has 1 aromatic carbocycles. The summed E-state index contributed by atoms with van der Waals surface area (Å²) in [6, 6.07) is 2.04. The molecule has 1 amide bonds. The molecule has 0 aliphatic rings. The van der Waals surface area contributed by atoms with Crippen molar-refractivity contribution in [3.63, 3.8) is 0 Å². The third-order valence-corrected chi connectivity index (χ3v) is 3.42. The Bertz CT molecular complexity index is 1020. The van der Waals surface area contributed by atoms with Crippen LogP contribution in [-0.2, 0) is 6.18 Å². The standard InChI is InChI=1S/C15H7ClF5N5O2/c16-13-22-4-7(5-23-13)25-14(27)28-11-6-24-26(12(11)15(19,20)21)8-1-2-9(17)10(18)3-8/h1-6H,(H,25,27). The van der Waals surface area contributed by atoms with Crippen LogP contribution in [0.2, 0.25) is 5.28 Å². The summed E-state index contributed by atoms with van der Waals surface area (Å²) in [6.07, 6.45) is -3.50. The zero-order chi connectivity index (χ0) is 20.5. The first-order chi connectivity index (χ1) is 13.1. The molecule has 28 heavy (non-hydrogen) atoms. The summed E-state index contributed by atoms with van der Waals surface area (Å²) in [5.74, 6) is -3.57. The van der Waals surface area contributed by atoms with Gasteiger partial charge in [0, 0.05) is 6.07 Å². The highest BCUT2D eigenvalue weighted by atomic mass is 35.5. The van der Waals surface area contributed by atoms with Crippen LogP contribution in [0, 0.1) is 11.6 Å². The number of nitrogens with one attached hydrogen (secondary N) is 1. The monoisotopic (exact) mass is 419 g/mol. The fourth-order valence-electron chi connectivity index (χ4n) is 2.10. The van der Waals surface area contributed by atoms with Gasteiger partial charge in [-0.05, 0) is 23.7 Å². The van der Waals surface area contributed by atoms with Gasteiger partial charge >= 0.3 is 12.3 Å². The van der Waals surface area contributed by atoms with Crippen molar-refractivity contribution in [2.24, 2.45) is 0 Å². The number of benzene rings is 1. The number of ether oxygens (including phenoxy) is 1. The van der Waals surface area contributed by atoms with Crippen LogP contribution < -0.4 is 10.1 Å². The number of carbonyl (C=O) groups excluding carboxylic acids is 1. The van der Waals surface area contributed by atoms with E-state index in [1.54, 1.807) is 0 Å². The normalized spacial score (nSPS) is 11.4. The predicted octanol–water partition coefficient (Wildman–Crippen LogP) is 4.22. The molecule has 0 aliphatic carbocycles. The molecule has 0 saturated heterocycles. The van der Waals surface area contributed by atoms with Gasteiger partial charge in [-0.1, -0.05) is 0 Å². The van der Waals surface area contributed by atoms with Gasteiger partial charge in [0.15, 0.2) is 23.1 Å². The minimum atomic E-state index is -5.03. The number of hydrogen-bond donors (Lipinski definition) is 1. The molecule has 7 nitrogen and oxygen atoms in total. The van der Waals surface area contributed by atoms with Crippen molar-refractivity contribution in [2.45, 2.75) is 6.18 Å². The number of halogens is 6. The summed E-state index contributed by atoms with van der Waals surface area (Å²) >= 11 is 5.48. The Morgan fingerprint density at radius 1 is 1.11 bits per heavy atom. The summed E-state index contributed by atoms with van der Waals surface area (Å²) in [7, 11) is 0. The quantitative estimate of drug-likeness (QED) is 0.507. The van der Waals surface area contributed by atoms with Crippen LogP contribution in [0.4, 0.5) is 32.4 Å². The fourth-order valence-corrected chi connectivity index (χ4v) is 2.20. The second-order valence-electron chi connectivity index (χ2n) is 5.12. The molecule has 13 heteroatoms. The molecular formula is C15H7ClF5N5O2. The first-order valence-electron chi connectivity index (χ1n) is 7.22. The number of nitrogens with zero attached hydrogens (tertiary/aromatic N) is 4. The lowest BCUT2D eigenvalue weighted by Crippen LogP contribution is -2.20. The van der Waals surface area contributed by atoms with Crippen LogP contribution in [0.3, 0.4) is 0 Å². The van der Waals surface area contributed by atoms with Crippen LogP contribution in [0.1, 0.15) is 5.69 Å². The minimum absolute atomic E-state index is 0.0101. The Morgan fingerprint density at radius 2 is 1.79 bits per heavy atom. The number of amides is 1. The van der Waals surface area contributed by atoms with Crippen LogP contribution >= 0.6 is 11.6 Å². The van der Waals surface area contributed by atoms with Crippen molar-refractivity contribution in [2.75, 3.05) is 5.32 Å². The van der Waals surface area contributed by atoms with Gasteiger partial charge in [-0.25, -0.2) is 28.2 Å². The van der Waals surface area contributed by atoms with Crippen molar-refractivity contribution in [1.29, 1.82) is 0 Å². The molecule has 3 rings (SSSR count). The number of hydrogen-bond acceptors (Lipinski definition) is 5. The number of aromatic nitrogens is 4. The van der Waals surface area contributed by atoms with Gasteiger partial charge in [0.2, 0.25) is 5.28 Å². The maximum absolute atomic E-state index is 13.5. The number of anilines is 1. The molecule has 146 valence electrons. The van der Waals surface area contributed by atoms with Crippen LogP contribution in [-0.4, -0.2) is 25.8 Å². The highest BCUT2D eigenvalue weighted by Crippen LogP contribution is 2.37. The van der Waals surface area contributed by atoms with Crippen LogP contribution in [0.25, 0.3) is 5.69 Å². The molecule has 3 aromatic rings. The summed E-state index contributed by atoms with van der Waals surface area (Å²) < 4.78 is 71.7. The highest BCUT2D eigenvalue weighted by Gasteiger charge is 2.40. The van der Waals surface area contributed by atoms with E-state index in [2.05, 4.69) is 25.1 Å². The molecule has 0 bridgehead atoms. The molecule has 2 aromatic heterocycles. The molecule has 0 saturated carbocycles. The van der Waals surface area contributed by atoms with Gasteiger partial charge in [0.1, 0.15) is 0 Å². The first kappa shape index (κ1) is 19.5. The van der Waals surface area contributed by atoms with Crippen molar-refractivity contribution < 1.29 is 31.5 Å². The molecule has 0 radical (unpaired) electrons. The van der Waals surface area contributed by atoms with Gasteiger partial charge < -0.3 is 4.74 Å². The number of alkyl halides is 3. The Morgan fingerprint density at radius 3 is 2.39 bits per heavy atom. The smallest absolute Gasteiger partial charge is 0.406 e. The topological polar surface area (TPSA) is 81.9 Å². The van der Waals surface area contributed by atoms with Gasteiger partial charge in [-0.15, -0.1) is 0 Å². The van der Waals surface area contributed by atoms with E-state index >= 15 is 0 Å². The Hall–Kier alpha value is -3.28. The van der Waals surface area contributed by atoms with E-state index in [0.717, 1.165) is 18.5 Å². The molecule has 0 aliphatic heterocycles. The van der Waals surface area contributed by atoms with Crippen LogP contribution in [0.5, 0.6) is 5.75 Å². The SMILES string of the molecule is O=C(Nc1cnc(Cl)nc1)Oc1cnn(-c2ccc(F)c(F)c2)c1C(F)(F)F. The fraction of sp³-hybridized carbons (Fsp3) is 0.0667. The number of rotatable bonds is 3. The average molecular weight is 420 g/mol. The number of carbonyl (C=O) groups is 1. The first-order valence-corrected chi connectivity index (χ1v) is 7.60. The highest BCUT2D eigenvalue weighted by molar-refractivity contribution is 6.28. The Balaban J connectivity index is 1.91. The zero-order valence-electron chi connectivity index (χ0n) is 13.3. The van der Waals surface area contributed by atoms with Crippen molar-refractivity contribution in [1.82, 2.24) is 19.7 Å².